The monoisotopic (exact) mass is 300 g/mol. The predicted octanol–water partition coefficient (Wildman–Crippen LogP) is 2.15. The fraction of sp³-hybridized carbons (Fsp3) is 0.800. The van der Waals surface area contributed by atoms with Crippen molar-refractivity contribution in [2.75, 3.05) is 6.61 Å². The van der Waals surface area contributed by atoms with E-state index in [0.717, 1.165) is 12.8 Å². The van der Waals surface area contributed by atoms with E-state index in [-0.39, 0.29) is 23.4 Å². The van der Waals surface area contributed by atoms with Gasteiger partial charge in [-0.2, -0.15) is 8.78 Å². The first-order valence-electron chi connectivity index (χ1n) is 7.33. The third kappa shape index (κ3) is 2.38. The Labute approximate surface area is 121 Å². The van der Waals surface area contributed by atoms with Gasteiger partial charge in [-0.15, -0.1) is 0 Å². The lowest BCUT2D eigenvalue weighted by Crippen LogP contribution is -2.55. The zero-order valence-corrected chi connectivity index (χ0v) is 11.9. The van der Waals surface area contributed by atoms with Gasteiger partial charge in [0.15, 0.2) is 12.4 Å². The molecule has 4 bridgehead atoms. The molecule has 2 atom stereocenters. The number of ketones is 2. The molecule has 0 N–H and O–H groups in total. The highest BCUT2D eigenvalue weighted by Gasteiger charge is 2.58. The maximum absolute atomic E-state index is 12.7. The maximum Gasteiger partial charge on any atom is 0.377 e. The number of hydrogen-bond donors (Lipinski definition) is 0. The summed E-state index contributed by atoms with van der Waals surface area (Å²) in [5, 5.41) is 0. The van der Waals surface area contributed by atoms with Crippen LogP contribution < -0.4 is 0 Å². The molecule has 0 aromatic rings. The first kappa shape index (κ1) is 14.6. The molecule has 4 saturated carbocycles. The van der Waals surface area contributed by atoms with Gasteiger partial charge in [-0.25, -0.2) is 4.79 Å². The maximum atomic E-state index is 12.7. The largest absolute Gasteiger partial charge is 0.453 e. The fourth-order valence-electron chi connectivity index (χ4n) is 4.50. The van der Waals surface area contributed by atoms with Crippen molar-refractivity contribution in [2.45, 2.75) is 45.0 Å². The van der Waals surface area contributed by atoms with Crippen LogP contribution in [-0.2, 0) is 19.1 Å². The molecule has 0 aromatic heterocycles. The second-order valence-electron chi connectivity index (χ2n) is 6.91. The summed E-state index contributed by atoms with van der Waals surface area (Å²) in [5.41, 5.74) is -0.631. The first-order chi connectivity index (χ1) is 9.71. The third-order valence-electron chi connectivity index (χ3n) is 5.28. The minimum Gasteiger partial charge on any atom is -0.453 e. The normalized spacial score (nSPS) is 37.7. The van der Waals surface area contributed by atoms with Crippen LogP contribution in [-0.4, -0.2) is 30.1 Å². The minimum atomic E-state index is -3.59. The van der Waals surface area contributed by atoms with Crippen molar-refractivity contribution >= 4 is 17.5 Å². The van der Waals surface area contributed by atoms with E-state index in [0.29, 0.717) is 32.1 Å². The van der Waals surface area contributed by atoms with E-state index >= 15 is 0 Å². The average molecular weight is 300 g/mol. The number of carbonyl (C=O) groups excluding carboxylic acids is 3. The molecule has 4 nitrogen and oxygen atoms in total. The lowest BCUT2D eigenvalue weighted by atomic mass is 9.48. The highest BCUT2D eigenvalue weighted by atomic mass is 19.3. The molecule has 0 aromatic carbocycles. The van der Waals surface area contributed by atoms with Crippen molar-refractivity contribution < 1.29 is 27.9 Å². The lowest BCUT2D eigenvalue weighted by molar-refractivity contribution is -0.175. The third-order valence-corrected chi connectivity index (χ3v) is 5.28. The summed E-state index contributed by atoms with van der Waals surface area (Å²) in [6.45, 7) is -0.161. The Morgan fingerprint density at radius 2 is 1.81 bits per heavy atom. The molecule has 4 rings (SSSR count). The molecule has 0 aliphatic heterocycles. The molecule has 0 spiro atoms. The molecule has 21 heavy (non-hydrogen) atoms. The second kappa shape index (κ2) is 4.58. The standard InChI is InChI=1S/C15H18F2O4/c1-14(16,17)13(20)21-7-11(18)15-4-8-2-9(5-15)12(19)10(3-8)6-15/h8-10H,2-7H2,1H3. The van der Waals surface area contributed by atoms with Gasteiger partial charge in [-0.1, -0.05) is 0 Å². The summed E-state index contributed by atoms with van der Waals surface area (Å²) in [6.07, 6.45) is 3.38. The molecule has 4 fully saturated rings. The van der Waals surface area contributed by atoms with E-state index < -0.39 is 23.9 Å². The average Bonchev–Trinajstić information content (AvgIpc) is 2.39. The summed E-state index contributed by atoms with van der Waals surface area (Å²) >= 11 is 0. The van der Waals surface area contributed by atoms with Crippen molar-refractivity contribution in [3.8, 4) is 0 Å². The van der Waals surface area contributed by atoms with E-state index in [1.807, 2.05) is 0 Å². The molecule has 116 valence electrons. The van der Waals surface area contributed by atoms with Gasteiger partial charge in [-0.05, 0) is 38.0 Å². The van der Waals surface area contributed by atoms with Gasteiger partial charge in [0.2, 0.25) is 0 Å². The summed E-state index contributed by atoms with van der Waals surface area (Å²) in [4.78, 5) is 35.5. The molecule has 0 radical (unpaired) electrons. The van der Waals surface area contributed by atoms with Gasteiger partial charge in [0.25, 0.3) is 0 Å². The lowest BCUT2D eigenvalue weighted by Gasteiger charge is -2.54. The van der Waals surface area contributed by atoms with Crippen LogP contribution in [0.1, 0.15) is 39.0 Å². The van der Waals surface area contributed by atoms with Crippen molar-refractivity contribution in [2.24, 2.45) is 23.2 Å². The van der Waals surface area contributed by atoms with Crippen LogP contribution in [0.15, 0.2) is 0 Å². The number of ether oxygens (including phenoxy) is 1. The molecule has 6 heteroatoms. The smallest absolute Gasteiger partial charge is 0.377 e. The van der Waals surface area contributed by atoms with Crippen molar-refractivity contribution in [1.29, 1.82) is 0 Å². The van der Waals surface area contributed by atoms with Crippen LogP contribution in [0, 0.1) is 23.2 Å². The number of alkyl halides is 2. The minimum absolute atomic E-state index is 0.0662. The van der Waals surface area contributed by atoms with Crippen LogP contribution in [0.3, 0.4) is 0 Å². The number of halogens is 2. The topological polar surface area (TPSA) is 60.4 Å². The molecule has 0 heterocycles. The Bertz CT molecular complexity index is 490. The summed E-state index contributed by atoms with van der Waals surface area (Å²) in [7, 11) is 0. The molecule has 2 unspecified atom stereocenters. The van der Waals surface area contributed by atoms with Gasteiger partial charge >= 0.3 is 11.9 Å². The Kier molecular flexibility index (Phi) is 3.19. The molecular formula is C15H18F2O4. The van der Waals surface area contributed by atoms with E-state index in [2.05, 4.69) is 4.74 Å². The fourth-order valence-corrected chi connectivity index (χ4v) is 4.50. The Morgan fingerprint density at radius 1 is 1.24 bits per heavy atom. The van der Waals surface area contributed by atoms with Gasteiger partial charge in [0.1, 0.15) is 5.78 Å². The Morgan fingerprint density at radius 3 is 2.33 bits per heavy atom. The second-order valence-corrected chi connectivity index (χ2v) is 6.91. The zero-order valence-electron chi connectivity index (χ0n) is 11.9. The molecule has 0 amide bonds. The van der Waals surface area contributed by atoms with Crippen molar-refractivity contribution in [3.05, 3.63) is 0 Å². The van der Waals surface area contributed by atoms with Crippen LogP contribution in [0.5, 0.6) is 0 Å². The van der Waals surface area contributed by atoms with Crippen LogP contribution >= 0.6 is 0 Å². The van der Waals surface area contributed by atoms with Crippen LogP contribution in [0.2, 0.25) is 0 Å². The quantitative estimate of drug-likeness (QED) is 0.746. The predicted molar refractivity (Wildman–Crippen MR) is 67.6 cm³/mol. The Balaban J connectivity index is 1.68. The molecule has 4 aliphatic carbocycles. The Hall–Kier alpha value is -1.33. The molecule has 4 aliphatic rings. The van der Waals surface area contributed by atoms with E-state index in [4.69, 9.17) is 0 Å². The SMILES string of the molecule is CC(F)(F)C(=O)OCC(=O)C12CC3CC(C1)C(=O)C(C3)C2. The van der Waals surface area contributed by atoms with E-state index in [1.165, 1.54) is 0 Å². The van der Waals surface area contributed by atoms with Gasteiger partial charge in [0.05, 0.1) is 0 Å². The van der Waals surface area contributed by atoms with Gasteiger partial charge in [-0.3, -0.25) is 9.59 Å². The van der Waals surface area contributed by atoms with Gasteiger partial charge < -0.3 is 4.74 Å². The first-order valence-corrected chi connectivity index (χ1v) is 7.33. The van der Waals surface area contributed by atoms with E-state index in [9.17, 15) is 23.2 Å². The zero-order chi connectivity index (χ0) is 15.4. The highest BCUT2D eigenvalue weighted by Crippen LogP contribution is 2.58. The summed E-state index contributed by atoms with van der Waals surface area (Å²) in [5.74, 6) is -5.06. The summed E-state index contributed by atoms with van der Waals surface area (Å²) < 4.78 is 30.0. The number of Topliss-reactive ketones (excluding diaryl/α,β-unsaturated/α-hetero) is 2. The number of rotatable bonds is 4. The van der Waals surface area contributed by atoms with Crippen molar-refractivity contribution in [3.63, 3.8) is 0 Å². The number of carbonyl (C=O) groups is 3. The molecule has 0 saturated heterocycles. The van der Waals surface area contributed by atoms with Gasteiger partial charge in [0, 0.05) is 24.2 Å². The van der Waals surface area contributed by atoms with Crippen LogP contribution in [0.4, 0.5) is 8.78 Å². The summed E-state index contributed by atoms with van der Waals surface area (Å²) in [6, 6.07) is 0. The van der Waals surface area contributed by atoms with E-state index in [1.54, 1.807) is 0 Å². The van der Waals surface area contributed by atoms with Crippen LogP contribution in [0.25, 0.3) is 0 Å². The van der Waals surface area contributed by atoms with Crippen molar-refractivity contribution in [1.82, 2.24) is 0 Å². The highest BCUT2D eigenvalue weighted by molar-refractivity contribution is 5.93. The molecular weight excluding hydrogens is 282 g/mol. The number of hydrogen-bond acceptors (Lipinski definition) is 4. The number of esters is 1.